The van der Waals surface area contributed by atoms with E-state index in [-0.39, 0.29) is 40.9 Å². The number of azo groups is 2. The van der Waals surface area contributed by atoms with Gasteiger partial charge in [-0.05, 0) is 66.7 Å². The summed E-state index contributed by atoms with van der Waals surface area (Å²) in [6, 6.07) is 19.2. The summed E-state index contributed by atoms with van der Waals surface area (Å²) in [5.74, 6) is -1.71. The number of hydrogen-bond donors (Lipinski definition) is 4. The molecule has 4 rings (SSSR count). The van der Waals surface area contributed by atoms with E-state index in [9.17, 15) is 27.7 Å². The monoisotopic (exact) mass is 596 g/mol. The van der Waals surface area contributed by atoms with Crippen molar-refractivity contribution in [3.8, 4) is 11.5 Å². The Morgan fingerprint density at radius 1 is 0.791 bits per heavy atom. The van der Waals surface area contributed by atoms with Crippen molar-refractivity contribution in [2.45, 2.75) is 4.90 Å². The van der Waals surface area contributed by atoms with Gasteiger partial charge in [0.2, 0.25) is 0 Å². The predicted octanol–water partition coefficient (Wildman–Crippen LogP) is 3.19. The number of ether oxygens (including phenoxy) is 1. The minimum absolute atomic E-state index is 0. The topological polar surface area (TPSA) is 215 Å². The molecule has 0 bridgehead atoms. The second-order valence-corrected chi connectivity index (χ2v) is 9.79. The van der Waals surface area contributed by atoms with E-state index in [2.05, 4.69) is 31.1 Å². The minimum atomic E-state index is -4.38. The van der Waals surface area contributed by atoms with Gasteiger partial charge in [0.15, 0.2) is 0 Å². The third-order valence-electron chi connectivity index (χ3n) is 5.43. The van der Waals surface area contributed by atoms with Crippen LogP contribution in [-0.2, 0) is 10.1 Å². The molecule has 4 aromatic carbocycles. The number of anilines is 2. The number of urea groups is 1. The summed E-state index contributed by atoms with van der Waals surface area (Å²) in [5, 5.41) is 41.9. The Balaban J connectivity index is 0.00000506. The van der Waals surface area contributed by atoms with Crippen molar-refractivity contribution in [3.63, 3.8) is 0 Å². The maximum absolute atomic E-state index is 12.6. The van der Waals surface area contributed by atoms with E-state index in [4.69, 9.17) is 9.84 Å². The van der Waals surface area contributed by atoms with E-state index < -0.39 is 33.4 Å². The molecule has 0 heterocycles. The van der Waals surface area contributed by atoms with Gasteiger partial charge in [-0.15, -0.1) is 0 Å². The number of nitrogens with zero attached hydrogens (tertiary/aromatic N) is 4. The van der Waals surface area contributed by atoms with Crippen LogP contribution in [0.25, 0.3) is 0 Å². The van der Waals surface area contributed by atoms with E-state index in [0.717, 1.165) is 18.2 Å². The largest absolute Gasteiger partial charge is 1.00 e. The van der Waals surface area contributed by atoms with Gasteiger partial charge in [-0.3, -0.25) is 4.55 Å². The number of rotatable bonds is 9. The Labute approximate surface area is 257 Å². The van der Waals surface area contributed by atoms with Crippen LogP contribution in [0.5, 0.6) is 11.5 Å². The molecule has 0 atom stereocenters. The number of hydrogen-bond acceptors (Lipinski definition) is 10. The number of carbonyl (C=O) groups excluding carboxylic acids is 1. The Bertz CT molecular complexity index is 1810. The predicted molar refractivity (Wildman–Crippen MR) is 150 cm³/mol. The fraction of sp³-hybridized carbons (Fsp3) is 0.0370. The fourth-order valence-corrected chi connectivity index (χ4v) is 3.95. The molecule has 0 aromatic heterocycles. The van der Waals surface area contributed by atoms with Gasteiger partial charge in [0, 0.05) is 11.8 Å². The van der Waals surface area contributed by atoms with Crippen LogP contribution in [0.4, 0.5) is 38.9 Å². The third-order valence-corrected chi connectivity index (χ3v) is 6.28. The van der Waals surface area contributed by atoms with Crippen molar-refractivity contribution < 1.29 is 56.4 Å². The first kappa shape index (κ1) is 32.4. The summed E-state index contributed by atoms with van der Waals surface area (Å²) in [6.45, 7) is 0. The van der Waals surface area contributed by atoms with E-state index in [0.29, 0.717) is 22.7 Å². The van der Waals surface area contributed by atoms with Crippen LogP contribution in [0.2, 0.25) is 0 Å². The van der Waals surface area contributed by atoms with Gasteiger partial charge in [-0.2, -0.15) is 28.9 Å². The molecule has 0 fully saturated rings. The number of carboxylic acids is 1. The summed E-state index contributed by atoms with van der Waals surface area (Å²) >= 11 is 0. The molecule has 43 heavy (non-hydrogen) atoms. The first-order valence-electron chi connectivity index (χ1n) is 11.8. The smallest absolute Gasteiger partial charge is 0.872 e. The number of aromatic carboxylic acids is 1. The van der Waals surface area contributed by atoms with Gasteiger partial charge in [0.05, 0.1) is 46.0 Å². The van der Waals surface area contributed by atoms with Gasteiger partial charge in [0.1, 0.15) is 5.75 Å². The van der Waals surface area contributed by atoms with Crippen LogP contribution in [-0.4, -0.2) is 37.2 Å². The molecule has 0 spiro atoms. The van der Waals surface area contributed by atoms with E-state index in [1.165, 1.54) is 37.4 Å². The number of carboxylic acid groups (broad SMARTS) is 1. The van der Waals surface area contributed by atoms with Crippen molar-refractivity contribution in [1.29, 1.82) is 0 Å². The third kappa shape index (κ3) is 8.95. The molecule has 0 radical (unpaired) electrons. The van der Waals surface area contributed by atoms with E-state index in [1.54, 1.807) is 36.4 Å². The van der Waals surface area contributed by atoms with Crippen molar-refractivity contribution in [2.75, 3.05) is 17.7 Å². The second kappa shape index (κ2) is 14.2. The van der Waals surface area contributed by atoms with Crippen LogP contribution >= 0.6 is 0 Å². The zero-order valence-electron chi connectivity index (χ0n) is 22.6. The number of amides is 2. The maximum atomic E-state index is 12.6. The van der Waals surface area contributed by atoms with Gasteiger partial charge in [0.25, 0.3) is 10.1 Å². The second-order valence-electron chi connectivity index (χ2n) is 8.37. The summed E-state index contributed by atoms with van der Waals surface area (Å²) in [7, 11) is -2.98. The van der Waals surface area contributed by atoms with Gasteiger partial charge < -0.3 is 25.6 Å². The van der Waals surface area contributed by atoms with Gasteiger partial charge in [-0.25, -0.2) is 9.59 Å². The zero-order chi connectivity index (χ0) is 30.3. The number of carbonyl (C=O) groups is 2. The number of benzene rings is 4. The summed E-state index contributed by atoms with van der Waals surface area (Å²) in [6.07, 6.45) is 0. The molecule has 0 unspecified atom stereocenters. The standard InChI is InChI=1S/C27H22N6O8S.Li/c1-41-25-15-20(33-31-18-3-2-4-21(13-18)42(38,39)40)9-11-23(25)29-27(37)28-16-5-7-17(8-6-16)30-32-19-10-12-24(34)22(14-19)26(35)36;/h2-15,34H,1H3,(H,35,36)(H2,28,29,37)(H,38,39,40);/q;+1/p-1. The fourth-order valence-electron chi connectivity index (χ4n) is 3.43. The van der Waals surface area contributed by atoms with Crippen LogP contribution in [0.1, 0.15) is 10.4 Å². The van der Waals surface area contributed by atoms with E-state index >= 15 is 0 Å². The SMILES string of the molecule is COc1cc(N=Nc2cccc(S(=O)(=O)O)c2)ccc1NC(=O)Nc1ccc(N=Nc2ccc([O-])c(C(=O)O)c2)cc1.[Li+]. The molecule has 14 nitrogen and oxygen atoms in total. The molecular weight excluding hydrogens is 575 g/mol. The molecule has 0 saturated carbocycles. The number of methoxy groups -OCH3 is 1. The Morgan fingerprint density at radius 2 is 1.37 bits per heavy atom. The molecule has 4 N–H and O–H groups in total. The Kier molecular flexibility index (Phi) is 10.7. The molecule has 0 aliphatic carbocycles. The van der Waals surface area contributed by atoms with Gasteiger partial charge in [-0.1, -0.05) is 17.9 Å². The normalized spacial score (nSPS) is 11.2. The van der Waals surface area contributed by atoms with Gasteiger partial charge >= 0.3 is 30.9 Å². The minimum Gasteiger partial charge on any atom is -0.872 e. The van der Waals surface area contributed by atoms with Crippen molar-refractivity contribution in [2.24, 2.45) is 20.5 Å². The molecule has 0 aliphatic heterocycles. The molecular formula is C27H21LiN6O8S. The van der Waals surface area contributed by atoms with Crippen LogP contribution in [0.15, 0.2) is 110 Å². The van der Waals surface area contributed by atoms with E-state index in [1.807, 2.05) is 0 Å². The average molecular weight is 597 g/mol. The summed E-state index contributed by atoms with van der Waals surface area (Å²) in [5.41, 5.74) is 1.52. The van der Waals surface area contributed by atoms with Crippen LogP contribution < -0.4 is 39.3 Å². The first-order valence-corrected chi connectivity index (χ1v) is 13.3. The zero-order valence-corrected chi connectivity index (χ0v) is 23.4. The molecule has 16 heteroatoms. The Morgan fingerprint density at radius 3 is 2.00 bits per heavy atom. The van der Waals surface area contributed by atoms with Crippen molar-refractivity contribution in [1.82, 2.24) is 0 Å². The number of nitrogens with one attached hydrogen (secondary N) is 2. The quantitative estimate of drug-likeness (QED) is 0.128. The average Bonchev–Trinajstić information content (AvgIpc) is 2.96. The van der Waals surface area contributed by atoms with Crippen molar-refractivity contribution in [3.05, 3.63) is 90.5 Å². The van der Waals surface area contributed by atoms with Crippen LogP contribution in [0, 0.1) is 0 Å². The molecule has 0 aliphatic rings. The molecule has 4 aromatic rings. The Hall–Kier alpha value is -5.07. The first-order chi connectivity index (χ1) is 20.0. The maximum Gasteiger partial charge on any atom is 1.00 e. The molecule has 214 valence electrons. The molecule has 0 saturated heterocycles. The molecule has 2 amide bonds. The van der Waals surface area contributed by atoms with Crippen molar-refractivity contribution >= 4 is 56.2 Å². The van der Waals surface area contributed by atoms with Crippen LogP contribution in [0.3, 0.4) is 0 Å². The summed E-state index contributed by atoms with van der Waals surface area (Å²) in [4.78, 5) is 23.3. The summed E-state index contributed by atoms with van der Waals surface area (Å²) < 4.78 is 37.1.